The first-order valence-corrected chi connectivity index (χ1v) is 7.78. The zero-order chi connectivity index (χ0) is 15.8. The van der Waals surface area contributed by atoms with Crippen LogP contribution < -0.4 is 0 Å². The summed E-state index contributed by atoms with van der Waals surface area (Å²) in [6.07, 6.45) is -2.72. The van der Waals surface area contributed by atoms with Gasteiger partial charge in [0, 0.05) is 12.3 Å². The molecule has 2 fully saturated rings. The van der Waals surface area contributed by atoms with Crippen LogP contribution in [0.25, 0.3) is 0 Å². The predicted molar refractivity (Wildman–Crippen MR) is 70.9 cm³/mol. The quantitative estimate of drug-likeness (QED) is 0.861. The van der Waals surface area contributed by atoms with Crippen LogP contribution in [0.1, 0.15) is 19.8 Å². The van der Waals surface area contributed by atoms with Gasteiger partial charge in [-0.2, -0.15) is 13.2 Å². The number of thioether (sulfide) groups is 1. The van der Waals surface area contributed by atoms with Gasteiger partial charge < -0.3 is 10.0 Å². The van der Waals surface area contributed by atoms with E-state index in [1.165, 1.54) is 18.7 Å². The second kappa shape index (κ2) is 5.94. The minimum atomic E-state index is -4.49. The average Bonchev–Trinajstić information content (AvgIpc) is 3.12. The van der Waals surface area contributed by atoms with E-state index in [1.54, 1.807) is 0 Å². The molecule has 1 saturated carbocycles. The van der Waals surface area contributed by atoms with E-state index in [1.807, 2.05) is 0 Å². The molecule has 0 bridgehead atoms. The standard InChI is InChI=1S/C12H17F3N2O3S/c1-2-16(6-12(13,14)15)11(20)17-8(10(18)19)5-21-9(17)7-3-4-7/h7-9H,2-6H2,1H3,(H,18,19). The number of carbonyl (C=O) groups is 2. The smallest absolute Gasteiger partial charge is 0.406 e. The van der Waals surface area contributed by atoms with Crippen LogP contribution in [0.5, 0.6) is 0 Å². The van der Waals surface area contributed by atoms with E-state index in [9.17, 15) is 27.9 Å². The molecule has 1 aliphatic heterocycles. The van der Waals surface area contributed by atoms with Gasteiger partial charge in [-0.3, -0.25) is 4.90 Å². The summed E-state index contributed by atoms with van der Waals surface area (Å²) < 4.78 is 37.6. The molecular weight excluding hydrogens is 309 g/mol. The van der Waals surface area contributed by atoms with Gasteiger partial charge in [0.1, 0.15) is 12.6 Å². The lowest BCUT2D eigenvalue weighted by Crippen LogP contribution is -2.53. The van der Waals surface area contributed by atoms with Gasteiger partial charge in [0.25, 0.3) is 0 Å². The Kier molecular flexibility index (Phi) is 4.60. The maximum absolute atomic E-state index is 12.5. The van der Waals surface area contributed by atoms with Gasteiger partial charge in [0.2, 0.25) is 0 Å². The fourth-order valence-corrected chi connectivity index (χ4v) is 4.02. The van der Waals surface area contributed by atoms with Crippen molar-refractivity contribution < 1.29 is 27.9 Å². The molecule has 2 aliphatic rings. The van der Waals surface area contributed by atoms with Crippen molar-refractivity contribution in [2.75, 3.05) is 18.8 Å². The highest BCUT2D eigenvalue weighted by Gasteiger charge is 2.49. The number of alkyl halides is 3. The monoisotopic (exact) mass is 326 g/mol. The number of aliphatic carboxylic acids is 1. The normalized spacial score (nSPS) is 26.0. The summed E-state index contributed by atoms with van der Waals surface area (Å²) in [6.45, 7) is -0.00871. The minimum Gasteiger partial charge on any atom is -0.480 e. The summed E-state index contributed by atoms with van der Waals surface area (Å²) in [7, 11) is 0. The van der Waals surface area contributed by atoms with Crippen molar-refractivity contribution in [1.82, 2.24) is 9.80 Å². The number of hydrogen-bond acceptors (Lipinski definition) is 3. The fraction of sp³-hybridized carbons (Fsp3) is 0.833. The number of carbonyl (C=O) groups excluding carboxylic acids is 1. The van der Waals surface area contributed by atoms with E-state index in [-0.39, 0.29) is 23.6 Å². The summed E-state index contributed by atoms with van der Waals surface area (Å²) in [5.41, 5.74) is 0. The number of hydrogen-bond donors (Lipinski definition) is 1. The van der Waals surface area contributed by atoms with E-state index < -0.39 is 30.8 Å². The summed E-state index contributed by atoms with van der Waals surface area (Å²) in [5.74, 6) is -0.735. The molecule has 21 heavy (non-hydrogen) atoms. The van der Waals surface area contributed by atoms with E-state index >= 15 is 0 Å². The molecule has 1 heterocycles. The van der Waals surface area contributed by atoms with Crippen LogP contribution in [0.3, 0.4) is 0 Å². The van der Waals surface area contributed by atoms with Gasteiger partial charge in [-0.05, 0) is 25.7 Å². The second-order valence-electron chi connectivity index (χ2n) is 5.23. The topological polar surface area (TPSA) is 60.9 Å². The second-order valence-corrected chi connectivity index (χ2v) is 6.38. The molecule has 120 valence electrons. The molecule has 1 aliphatic carbocycles. The number of carboxylic acid groups (broad SMARTS) is 1. The van der Waals surface area contributed by atoms with Crippen LogP contribution in [0, 0.1) is 5.92 Å². The maximum atomic E-state index is 12.5. The van der Waals surface area contributed by atoms with Crippen LogP contribution in [-0.4, -0.2) is 63.3 Å². The van der Waals surface area contributed by atoms with Crippen molar-refractivity contribution in [3.63, 3.8) is 0 Å². The Morgan fingerprint density at radius 1 is 1.38 bits per heavy atom. The Morgan fingerprint density at radius 3 is 2.43 bits per heavy atom. The van der Waals surface area contributed by atoms with Gasteiger partial charge in [0.15, 0.2) is 0 Å². The third-order valence-electron chi connectivity index (χ3n) is 3.59. The Balaban J connectivity index is 2.17. The molecule has 2 amide bonds. The first-order valence-electron chi connectivity index (χ1n) is 6.73. The van der Waals surface area contributed by atoms with Crippen LogP contribution in [0.4, 0.5) is 18.0 Å². The zero-order valence-corrected chi connectivity index (χ0v) is 12.3. The van der Waals surface area contributed by atoms with Crippen molar-refractivity contribution in [3.05, 3.63) is 0 Å². The highest BCUT2D eigenvalue weighted by molar-refractivity contribution is 8.00. The Morgan fingerprint density at radius 2 is 2.00 bits per heavy atom. The highest BCUT2D eigenvalue weighted by atomic mass is 32.2. The minimum absolute atomic E-state index is 0.108. The zero-order valence-electron chi connectivity index (χ0n) is 11.5. The van der Waals surface area contributed by atoms with Crippen LogP contribution in [0.15, 0.2) is 0 Å². The van der Waals surface area contributed by atoms with Gasteiger partial charge in [-0.1, -0.05) is 0 Å². The third kappa shape index (κ3) is 3.75. The Bertz CT molecular complexity index is 428. The number of amides is 2. The molecule has 0 spiro atoms. The molecule has 9 heteroatoms. The van der Waals surface area contributed by atoms with Gasteiger partial charge in [-0.15, -0.1) is 11.8 Å². The molecule has 0 aromatic carbocycles. The molecule has 0 radical (unpaired) electrons. The predicted octanol–water partition coefficient (Wildman–Crippen LogP) is 2.23. The number of urea groups is 1. The molecule has 1 N–H and O–H groups in total. The number of carboxylic acids is 1. The van der Waals surface area contributed by atoms with E-state index in [4.69, 9.17) is 0 Å². The number of nitrogens with zero attached hydrogens (tertiary/aromatic N) is 2. The highest BCUT2D eigenvalue weighted by Crippen LogP contribution is 2.45. The first kappa shape index (κ1) is 16.3. The van der Waals surface area contributed by atoms with Gasteiger partial charge >= 0.3 is 18.2 Å². The van der Waals surface area contributed by atoms with Crippen molar-refractivity contribution in [1.29, 1.82) is 0 Å². The fourth-order valence-electron chi connectivity index (χ4n) is 2.40. The molecule has 2 unspecified atom stereocenters. The SMILES string of the molecule is CCN(CC(F)(F)F)C(=O)N1C(C(=O)O)CSC1C1CC1. The lowest BCUT2D eigenvalue weighted by atomic mass is 10.2. The van der Waals surface area contributed by atoms with E-state index in [0.717, 1.165) is 17.7 Å². The molecule has 5 nitrogen and oxygen atoms in total. The van der Waals surface area contributed by atoms with Gasteiger partial charge in [0.05, 0.1) is 5.37 Å². The van der Waals surface area contributed by atoms with Gasteiger partial charge in [-0.25, -0.2) is 9.59 Å². The van der Waals surface area contributed by atoms with Crippen LogP contribution >= 0.6 is 11.8 Å². The molecule has 2 rings (SSSR count). The van der Waals surface area contributed by atoms with Crippen molar-refractivity contribution in [2.45, 2.75) is 37.4 Å². The summed E-state index contributed by atoms with van der Waals surface area (Å²) in [5, 5.41) is 8.87. The summed E-state index contributed by atoms with van der Waals surface area (Å²) >= 11 is 1.35. The molecule has 2 atom stereocenters. The Labute approximate surface area is 124 Å². The van der Waals surface area contributed by atoms with Crippen molar-refractivity contribution in [3.8, 4) is 0 Å². The average molecular weight is 326 g/mol. The van der Waals surface area contributed by atoms with E-state index in [2.05, 4.69) is 0 Å². The summed E-state index contributed by atoms with van der Waals surface area (Å²) in [6, 6.07) is -1.88. The molecule has 1 saturated heterocycles. The van der Waals surface area contributed by atoms with Crippen molar-refractivity contribution >= 4 is 23.8 Å². The maximum Gasteiger partial charge on any atom is 0.406 e. The third-order valence-corrected chi connectivity index (χ3v) is 5.05. The van der Waals surface area contributed by atoms with Crippen LogP contribution in [-0.2, 0) is 4.79 Å². The van der Waals surface area contributed by atoms with Crippen LogP contribution in [0.2, 0.25) is 0 Å². The van der Waals surface area contributed by atoms with Crippen molar-refractivity contribution in [2.24, 2.45) is 5.92 Å². The largest absolute Gasteiger partial charge is 0.480 e. The first-order chi connectivity index (χ1) is 9.74. The molecule has 0 aromatic rings. The lowest BCUT2D eigenvalue weighted by molar-refractivity contribution is -0.144. The molecular formula is C12H17F3N2O3S. The lowest BCUT2D eigenvalue weighted by Gasteiger charge is -2.33. The van der Waals surface area contributed by atoms with E-state index in [0.29, 0.717) is 4.90 Å². The number of rotatable bonds is 4. The summed E-state index contributed by atoms with van der Waals surface area (Å²) in [4.78, 5) is 25.4. The Hall–Kier alpha value is -1.12. The molecule has 0 aromatic heterocycles. The number of halogens is 3.